The minimum atomic E-state index is -1.05. The van der Waals surface area contributed by atoms with Crippen LogP contribution in [0.25, 0.3) is 10.9 Å². The van der Waals surface area contributed by atoms with E-state index in [0.717, 1.165) is 23.8 Å². The zero-order chi connectivity index (χ0) is 21.4. The lowest BCUT2D eigenvalue weighted by Gasteiger charge is -2.10. The van der Waals surface area contributed by atoms with E-state index in [1.165, 1.54) is 35.5 Å². The lowest BCUT2D eigenvalue weighted by Crippen LogP contribution is -2.12. The van der Waals surface area contributed by atoms with E-state index in [4.69, 9.17) is 0 Å². The van der Waals surface area contributed by atoms with Gasteiger partial charge in [-0.1, -0.05) is 42.1 Å². The molecule has 8 nitrogen and oxygen atoms in total. The van der Waals surface area contributed by atoms with Crippen LogP contribution in [0.2, 0.25) is 0 Å². The fourth-order valence-electron chi connectivity index (χ4n) is 3.49. The zero-order valence-corrected chi connectivity index (χ0v) is 17.3. The summed E-state index contributed by atoms with van der Waals surface area (Å²) in [6.07, 6.45) is 2.26. The largest absolute Gasteiger partial charge is 0.478 e. The first-order valence-electron chi connectivity index (χ1n) is 9.94. The van der Waals surface area contributed by atoms with Crippen molar-refractivity contribution in [1.29, 1.82) is 0 Å². The highest BCUT2D eigenvalue weighted by atomic mass is 32.2. The van der Waals surface area contributed by atoms with Crippen LogP contribution < -0.4 is 5.56 Å². The summed E-state index contributed by atoms with van der Waals surface area (Å²) < 4.78 is 2.14. The van der Waals surface area contributed by atoms with Gasteiger partial charge in [0, 0.05) is 5.92 Å². The van der Waals surface area contributed by atoms with Crippen molar-refractivity contribution in [3.63, 3.8) is 0 Å². The molecule has 1 fully saturated rings. The van der Waals surface area contributed by atoms with E-state index < -0.39 is 5.97 Å². The second-order valence-electron chi connectivity index (χ2n) is 7.53. The lowest BCUT2D eigenvalue weighted by molar-refractivity contribution is 0.0697. The third-order valence-electron chi connectivity index (χ3n) is 5.21. The third-order valence-corrected chi connectivity index (χ3v) is 6.19. The van der Waals surface area contributed by atoms with Crippen molar-refractivity contribution in [2.24, 2.45) is 0 Å². The van der Waals surface area contributed by atoms with Gasteiger partial charge in [0.05, 0.1) is 28.8 Å². The van der Waals surface area contributed by atoms with Gasteiger partial charge in [-0.3, -0.25) is 4.79 Å². The van der Waals surface area contributed by atoms with Crippen molar-refractivity contribution in [2.45, 2.75) is 36.2 Å². The summed E-state index contributed by atoms with van der Waals surface area (Å²) in [5.41, 5.74) is 1.34. The van der Waals surface area contributed by atoms with E-state index in [-0.39, 0.29) is 11.1 Å². The Morgan fingerprint density at radius 2 is 1.97 bits per heavy atom. The maximum atomic E-state index is 12.4. The Morgan fingerprint density at radius 1 is 1.16 bits per heavy atom. The number of aromatic amines is 1. The molecule has 0 radical (unpaired) electrons. The molecule has 4 aromatic rings. The van der Waals surface area contributed by atoms with Gasteiger partial charge < -0.3 is 14.7 Å². The first-order chi connectivity index (χ1) is 15.1. The van der Waals surface area contributed by atoms with Crippen LogP contribution in [-0.4, -0.2) is 35.8 Å². The molecule has 31 heavy (non-hydrogen) atoms. The summed E-state index contributed by atoms with van der Waals surface area (Å²) in [7, 11) is 0. The van der Waals surface area contributed by atoms with Gasteiger partial charge in [-0.2, -0.15) is 0 Å². The molecule has 156 valence electrons. The number of thioether (sulfide) groups is 1. The molecule has 0 atom stereocenters. The van der Waals surface area contributed by atoms with E-state index >= 15 is 0 Å². The highest BCUT2D eigenvalue weighted by Gasteiger charge is 2.30. The Hall–Kier alpha value is -3.46. The van der Waals surface area contributed by atoms with Gasteiger partial charge >= 0.3 is 5.97 Å². The van der Waals surface area contributed by atoms with Crippen LogP contribution in [0.4, 0.5) is 0 Å². The minimum absolute atomic E-state index is 0.0980. The smallest absolute Gasteiger partial charge is 0.335 e. The number of hydrogen-bond acceptors (Lipinski definition) is 6. The lowest BCUT2D eigenvalue weighted by atomic mass is 10.1. The summed E-state index contributed by atoms with van der Waals surface area (Å²) in [6.45, 7) is 0.686. The number of fused-ring (bicyclic) bond motifs is 1. The first-order valence-corrected chi connectivity index (χ1v) is 10.9. The predicted molar refractivity (Wildman–Crippen MR) is 116 cm³/mol. The summed E-state index contributed by atoms with van der Waals surface area (Å²) in [6, 6.07) is 14.5. The first kappa shape index (κ1) is 19.5. The van der Waals surface area contributed by atoms with Gasteiger partial charge in [0.2, 0.25) is 0 Å². The third kappa shape index (κ3) is 4.09. The number of benzene rings is 2. The highest BCUT2D eigenvalue weighted by Crippen LogP contribution is 2.40. The quantitative estimate of drug-likeness (QED) is 0.429. The molecule has 0 unspecified atom stereocenters. The predicted octanol–water partition coefficient (Wildman–Crippen LogP) is 3.43. The van der Waals surface area contributed by atoms with Gasteiger partial charge in [-0.05, 0) is 36.6 Å². The van der Waals surface area contributed by atoms with E-state index in [1.807, 2.05) is 18.2 Å². The Labute approximate surface area is 181 Å². The van der Waals surface area contributed by atoms with E-state index in [0.29, 0.717) is 34.9 Å². The molecule has 2 aromatic carbocycles. The summed E-state index contributed by atoms with van der Waals surface area (Å²) >= 11 is 1.45. The van der Waals surface area contributed by atoms with E-state index in [1.54, 1.807) is 0 Å². The van der Waals surface area contributed by atoms with Gasteiger partial charge in [0.1, 0.15) is 11.6 Å². The van der Waals surface area contributed by atoms with Crippen molar-refractivity contribution < 1.29 is 9.90 Å². The number of nitrogens with zero attached hydrogens (tertiary/aromatic N) is 4. The summed E-state index contributed by atoms with van der Waals surface area (Å²) in [4.78, 5) is 30.9. The van der Waals surface area contributed by atoms with Gasteiger partial charge in [0.15, 0.2) is 5.16 Å². The summed E-state index contributed by atoms with van der Waals surface area (Å²) in [5, 5.41) is 19.1. The van der Waals surface area contributed by atoms with Crippen LogP contribution in [0.1, 0.15) is 46.3 Å². The number of carboxylic acid groups (broad SMARTS) is 1. The molecule has 2 heterocycles. The standard InChI is InChI=1S/C22H19N5O3S/c28-20-16-9-8-15(21(29)30)10-17(16)23-18(24-20)12-31-22-26-25-19(14-6-7-14)27(22)11-13-4-2-1-3-5-13/h1-5,8-10,14H,6-7,11-12H2,(H,29,30)(H,23,24,28). The molecule has 1 aliphatic rings. The minimum Gasteiger partial charge on any atom is -0.478 e. The van der Waals surface area contributed by atoms with Crippen LogP contribution >= 0.6 is 11.8 Å². The number of carbonyl (C=O) groups is 1. The molecule has 5 rings (SSSR count). The fraction of sp³-hybridized carbons (Fsp3) is 0.227. The second kappa shape index (κ2) is 7.99. The van der Waals surface area contributed by atoms with Crippen molar-refractivity contribution in [3.05, 3.63) is 81.7 Å². The number of H-pyrrole nitrogens is 1. The number of nitrogens with one attached hydrogen (secondary N) is 1. The second-order valence-corrected chi connectivity index (χ2v) is 8.47. The molecule has 0 spiro atoms. The van der Waals surface area contributed by atoms with Crippen molar-refractivity contribution in [3.8, 4) is 0 Å². The highest BCUT2D eigenvalue weighted by molar-refractivity contribution is 7.98. The van der Waals surface area contributed by atoms with Crippen LogP contribution in [0, 0.1) is 0 Å². The molecular formula is C22H19N5O3S. The SMILES string of the molecule is O=C(O)c1ccc2c(=O)[nH]c(CSc3nnc(C4CC4)n3Cc3ccccc3)nc2c1. The Bertz CT molecular complexity index is 1330. The fourth-order valence-corrected chi connectivity index (χ4v) is 4.30. The normalized spacial score (nSPS) is 13.5. The maximum absolute atomic E-state index is 12.4. The monoisotopic (exact) mass is 433 g/mol. The number of hydrogen-bond donors (Lipinski definition) is 2. The molecule has 2 N–H and O–H groups in total. The molecule has 1 aliphatic carbocycles. The number of carboxylic acids is 1. The van der Waals surface area contributed by atoms with Gasteiger partial charge in [-0.25, -0.2) is 9.78 Å². The Kier molecular flexibility index (Phi) is 5.03. The topological polar surface area (TPSA) is 114 Å². The summed E-state index contributed by atoms with van der Waals surface area (Å²) in [5.74, 6) is 1.25. The molecule has 0 saturated heterocycles. The molecule has 2 aromatic heterocycles. The van der Waals surface area contributed by atoms with Gasteiger partial charge in [-0.15, -0.1) is 10.2 Å². The van der Waals surface area contributed by atoms with E-state index in [9.17, 15) is 14.7 Å². The average Bonchev–Trinajstić information content (AvgIpc) is 3.54. The Morgan fingerprint density at radius 3 is 2.71 bits per heavy atom. The average molecular weight is 433 g/mol. The van der Waals surface area contributed by atoms with Crippen molar-refractivity contribution in [2.75, 3.05) is 0 Å². The zero-order valence-electron chi connectivity index (χ0n) is 16.5. The molecule has 0 amide bonds. The molecule has 9 heteroatoms. The van der Waals surface area contributed by atoms with Crippen LogP contribution in [0.5, 0.6) is 0 Å². The van der Waals surface area contributed by atoms with Crippen molar-refractivity contribution >= 4 is 28.6 Å². The maximum Gasteiger partial charge on any atom is 0.335 e. The molecule has 0 bridgehead atoms. The van der Waals surface area contributed by atoms with Crippen molar-refractivity contribution in [1.82, 2.24) is 24.7 Å². The van der Waals surface area contributed by atoms with Crippen LogP contribution in [-0.2, 0) is 12.3 Å². The number of aromatic nitrogens is 5. The Balaban J connectivity index is 1.42. The number of aromatic carboxylic acids is 1. The van der Waals surface area contributed by atoms with E-state index in [2.05, 4.69) is 36.9 Å². The molecule has 1 saturated carbocycles. The molecule has 0 aliphatic heterocycles. The van der Waals surface area contributed by atoms with Gasteiger partial charge in [0.25, 0.3) is 5.56 Å². The van der Waals surface area contributed by atoms with Crippen LogP contribution in [0.15, 0.2) is 58.5 Å². The van der Waals surface area contributed by atoms with Crippen LogP contribution in [0.3, 0.4) is 0 Å². The molecular weight excluding hydrogens is 414 g/mol. The number of rotatable bonds is 7.